The summed E-state index contributed by atoms with van der Waals surface area (Å²) in [6.45, 7) is 2.62. The van der Waals surface area contributed by atoms with Crippen molar-refractivity contribution in [2.75, 3.05) is 30.4 Å². The zero-order chi connectivity index (χ0) is 20.2. The number of piperazine rings is 1. The topological polar surface area (TPSA) is 90.3 Å². The first-order valence-corrected chi connectivity index (χ1v) is 11.0. The Morgan fingerprint density at radius 1 is 1.13 bits per heavy atom. The van der Waals surface area contributed by atoms with Gasteiger partial charge in [0, 0.05) is 25.2 Å². The van der Waals surface area contributed by atoms with Crippen molar-refractivity contribution in [2.24, 2.45) is 0 Å². The lowest BCUT2D eigenvalue weighted by Crippen LogP contribution is -2.53. The molecule has 2 N–H and O–H groups in total. The van der Waals surface area contributed by atoms with Crippen LogP contribution < -0.4 is 10.2 Å². The van der Waals surface area contributed by atoms with E-state index in [1.54, 1.807) is 10.7 Å². The summed E-state index contributed by atoms with van der Waals surface area (Å²) in [7, 11) is 2.20. The third kappa shape index (κ3) is 2.93. The largest absolute Gasteiger partial charge is 0.347 e. The third-order valence-corrected chi connectivity index (χ3v) is 6.62. The number of halogens is 1. The first-order chi connectivity index (χ1) is 14.7. The van der Waals surface area contributed by atoms with Gasteiger partial charge in [0.15, 0.2) is 5.65 Å². The van der Waals surface area contributed by atoms with Crippen molar-refractivity contribution >= 4 is 44.5 Å². The molecule has 6 rings (SSSR count). The van der Waals surface area contributed by atoms with Gasteiger partial charge in [0.1, 0.15) is 5.82 Å². The lowest BCUT2D eigenvalue weighted by molar-refractivity contribution is 0.262. The Labute approximate surface area is 181 Å². The summed E-state index contributed by atoms with van der Waals surface area (Å²) in [5.41, 5.74) is 2.75. The van der Waals surface area contributed by atoms with Gasteiger partial charge in [-0.15, -0.1) is 0 Å². The minimum atomic E-state index is 0.459. The second-order valence-corrected chi connectivity index (χ2v) is 9.00. The van der Waals surface area contributed by atoms with Crippen LogP contribution in [0.3, 0.4) is 0 Å². The average Bonchev–Trinajstić information content (AvgIpc) is 3.40. The average molecular weight is 468 g/mol. The Hall–Kier alpha value is -2.72. The summed E-state index contributed by atoms with van der Waals surface area (Å²) < 4.78 is 2.60. The minimum Gasteiger partial charge on any atom is -0.347 e. The Balaban J connectivity index is 1.35. The number of fused-ring (bicyclic) bond motifs is 4. The Kier molecular flexibility index (Phi) is 4.17. The molecule has 2 atom stereocenters. The standard InChI is InChI=1S/C20H22BrN9/c1-28-10-12-6-7-13(11-28)29(12)20-26-18-14(21)8-23-30(18)19(27-20)22-9-17-24-15-4-2-3-5-16(15)25-17/h2-5,8,12-13H,6-7,9-11H2,1H3,(H,24,25)(H,22,26,27). The van der Waals surface area contributed by atoms with E-state index in [0.29, 0.717) is 24.6 Å². The number of hydrogen-bond donors (Lipinski definition) is 2. The number of benzene rings is 1. The normalized spacial score (nSPS) is 21.7. The molecule has 0 spiro atoms. The molecule has 2 saturated heterocycles. The minimum absolute atomic E-state index is 0.459. The maximum atomic E-state index is 4.90. The number of hydrogen-bond acceptors (Lipinski definition) is 7. The molecule has 1 aromatic carbocycles. The molecule has 2 unspecified atom stereocenters. The van der Waals surface area contributed by atoms with E-state index >= 15 is 0 Å². The molecular weight excluding hydrogens is 446 g/mol. The monoisotopic (exact) mass is 467 g/mol. The third-order valence-electron chi connectivity index (χ3n) is 6.06. The molecule has 154 valence electrons. The number of aromatic amines is 1. The number of aromatic nitrogens is 6. The van der Waals surface area contributed by atoms with Crippen molar-refractivity contribution in [3.05, 3.63) is 40.8 Å². The van der Waals surface area contributed by atoms with Gasteiger partial charge in [-0.05, 0) is 48.0 Å². The summed E-state index contributed by atoms with van der Waals surface area (Å²) in [6, 6.07) is 8.95. The maximum absolute atomic E-state index is 4.90. The van der Waals surface area contributed by atoms with Gasteiger partial charge in [-0.1, -0.05) is 12.1 Å². The molecule has 2 bridgehead atoms. The molecule has 0 radical (unpaired) electrons. The van der Waals surface area contributed by atoms with Gasteiger partial charge in [0.2, 0.25) is 11.9 Å². The van der Waals surface area contributed by atoms with Crippen molar-refractivity contribution in [1.29, 1.82) is 0 Å². The van der Waals surface area contributed by atoms with Crippen LogP contribution in [0.5, 0.6) is 0 Å². The fraction of sp³-hybridized carbons (Fsp3) is 0.400. The van der Waals surface area contributed by atoms with E-state index in [1.807, 2.05) is 24.3 Å². The van der Waals surface area contributed by atoms with Crippen LogP contribution >= 0.6 is 15.9 Å². The lowest BCUT2D eigenvalue weighted by Gasteiger charge is -2.39. The predicted octanol–water partition coefficient (Wildman–Crippen LogP) is 2.66. The molecule has 2 aliphatic heterocycles. The van der Waals surface area contributed by atoms with Gasteiger partial charge in [-0.3, -0.25) is 0 Å². The number of anilines is 2. The fourth-order valence-electron chi connectivity index (χ4n) is 4.76. The molecular formula is C20H22BrN9. The Bertz CT molecular complexity index is 1180. The van der Waals surface area contributed by atoms with Crippen LogP contribution in [0, 0.1) is 0 Å². The van der Waals surface area contributed by atoms with Crippen LogP contribution in [0.2, 0.25) is 0 Å². The van der Waals surface area contributed by atoms with E-state index in [-0.39, 0.29) is 0 Å². The summed E-state index contributed by atoms with van der Waals surface area (Å²) in [6.07, 6.45) is 4.14. The lowest BCUT2D eigenvalue weighted by atomic mass is 10.2. The Morgan fingerprint density at radius 3 is 2.73 bits per heavy atom. The van der Waals surface area contributed by atoms with Gasteiger partial charge in [0.25, 0.3) is 0 Å². The molecule has 30 heavy (non-hydrogen) atoms. The van der Waals surface area contributed by atoms with Crippen LogP contribution in [-0.2, 0) is 6.54 Å². The summed E-state index contributed by atoms with van der Waals surface area (Å²) in [4.78, 5) is 22.6. The molecule has 2 fully saturated rings. The van der Waals surface area contributed by atoms with E-state index in [2.05, 4.69) is 53.2 Å². The molecule has 0 saturated carbocycles. The Morgan fingerprint density at radius 2 is 1.93 bits per heavy atom. The van der Waals surface area contributed by atoms with Gasteiger partial charge >= 0.3 is 0 Å². The number of nitrogens with one attached hydrogen (secondary N) is 2. The van der Waals surface area contributed by atoms with E-state index in [0.717, 1.165) is 46.0 Å². The highest BCUT2D eigenvalue weighted by Gasteiger charge is 2.40. The zero-order valence-electron chi connectivity index (χ0n) is 16.6. The molecule has 5 heterocycles. The second-order valence-electron chi connectivity index (χ2n) is 8.14. The van der Waals surface area contributed by atoms with Crippen molar-refractivity contribution < 1.29 is 0 Å². The van der Waals surface area contributed by atoms with E-state index < -0.39 is 0 Å². The van der Waals surface area contributed by atoms with Crippen LogP contribution in [0.4, 0.5) is 11.9 Å². The molecule has 3 aromatic heterocycles. The number of likely N-dealkylation sites (N-methyl/N-ethyl adjacent to an activating group) is 1. The maximum Gasteiger partial charge on any atom is 0.231 e. The van der Waals surface area contributed by atoms with E-state index in [1.165, 1.54) is 12.8 Å². The summed E-state index contributed by atoms with van der Waals surface area (Å²) >= 11 is 3.59. The highest BCUT2D eigenvalue weighted by atomic mass is 79.9. The SMILES string of the molecule is CN1CC2CCC(C1)N2c1nc(NCc2nc3ccccc3[nH]2)n2ncc(Br)c2n1. The number of para-hydroxylation sites is 2. The van der Waals surface area contributed by atoms with Crippen LogP contribution in [0.1, 0.15) is 18.7 Å². The quantitative estimate of drug-likeness (QED) is 0.476. The van der Waals surface area contributed by atoms with Gasteiger partial charge in [-0.25, -0.2) is 4.98 Å². The van der Waals surface area contributed by atoms with Crippen LogP contribution in [0.15, 0.2) is 34.9 Å². The van der Waals surface area contributed by atoms with Gasteiger partial charge in [0.05, 0.1) is 28.2 Å². The zero-order valence-corrected chi connectivity index (χ0v) is 18.2. The van der Waals surface area contributed by atoms with Gasteiger partial charge < -0.3 is 20.1 Å². The molecule has 0 amide bonds. The first-order valence-electron chi connectivity index (χ1n) is 10.2. The van der Waals surface area contributed by atoms with Crippen molar-refractivity contribution in [3.8, 4) is 0 Å². The van der Waals surface area contributed by atoms with Gasteiger partial charge in [-0.2, -0.15) is 19.6 Å². The van der Waals surface area contributed by atoms with Crippen molar-refractivity contribution in [2.45, 2.75) is 31.5 Å². The molecule has 2 aliphatic rings. The number of likely N-dealkylation sites (tertiary alicyclic amines) is 1. The first kappa shape index (κ1) is 18.1. The number of H-pyrrole nitrogens is 1. The van der Waals surface area contributed by atoms with Crippen LogP contribution in [-0.4, -0.2) is 66.7 Å². The van der Waals surface area contributed by atoms with E-state index in [4.69, 9.17) is 9.97 Å². The molecule has 10 heteroatoms. The molecule has 9 nitrogen and oxygen atoms in total. The summed E-state index contributed by atoms with van der Waals surface area (Å²) in [5.74, 6) is 2.30. The number of nitrogens with zero attached hydrogens (tertiary/aromatic N) is 7. The summed E-state index contributed by atoms with van der Waals surface area (Å²) in [5, 5.41) is 7.86. The fourth-order valence-corrected chi connectivity index (χ4v) is 5.11. The predicted molar refractivity (Wildman–Crippen MR) is 119 cm³/mol. The van der Waals surface area contributed by atoms with Crippen LogP contribution in [0.25, 0.3) is 16.7 Å². The number of rotatable bonds is 4. The van der Waals surface area contributed by atoms with Crippen molar-refractivity contribution in [3.63, 3.8) is 0 Å². The highest BCUT2D eigenvalue weighted by molar-refractivity contribution is 9.10. The smallest absolute Gasteiger partial charge is 0.231 e. The molecule has 4 aromatic rings. The molecule has 0 aliphatic carbocycles. The highest BCUT2D eigenvalue weighted by Crippen LogP contribution is 2.34. The number of imidazole rings is 1. The van der Waals surface area contributed by atoms with E-state index in [9.17, 15) is 0 Å². The van der Waals surface area contributed by atoms with Crippen molar-refractivity contribution in [1.82, 2.24) is 34.4 Å². The second kappa shape index (κ2) is 6.92.